The fourth-order valence-electron chi connectivity index (χ4n) is 5.22. The highest BCUT2D eigenvalue weighted by molar-refractivity contribution is 5.29. The van der Waals surface area contributed by atoms with E-state index in [9.17, 15) is 0 Å². The van der Waals surface area contributed by atoms with Gasteiger partial charge in [-0.3, -0.25) is 0 Å². The first-order chi connectivity index (χ1) is 7.05. The molecule has 3 aliphatic rings. The van der Waals surface area contributed by atoms with E-state index < -0.39 is 0 Å². The van der Waals surface area contributed by atoms with E-state index in [-0.39, 0.29) is 0 Å². The van der Waals surface area contributed by atoms with Gasteiger partial charge in [0.2, 0.25) is 0 Å². The van der Waals surface area contributed by atoms with E-state index in [1.807, 2.05) is 0 Å². The van der Waals surface area contributed by atoms with E-state index in [1.165, 1.54) is 25.7 Å². The summed E-state index contributed by atoms with van der Waals surface area (Å²) in [4.78, 5) is 0. The monoisotopic (exact) mass is 204 g/mol. The zero-order valence-corrected chi connectivity index (χ0v) is 10.4. The van der Waals surface area contributed by atoms with E-state index >= 15 is 0 Å². The van der Waals surface area contributed by atoms with Crippen LogP contribution in [0.3, 0.4) is 0 Å². The summed E-state index contributed by atoms with van der Waals surface area (Å²) in [6, 6.07) is 0. The summed E-state index contributed by atoms with van der Waals surface area (Å²) < 4.78 is 0. The Labute approximate surface area is 94.1 Å². The molecular formula is C15H24. The Morgan fingerprint density at radius 1 is 1.27 bits per heavy atom. The van der Waals surface area contributed by atoms with Gasteiger partial charge < -0.3 is 0 Å². The predicted molar refractivity (Wildman–Crippen MR) is 64.5 cm³/mol. The van der Waals surface area contributed by atoms with Crippen LogP contribution in [0.2, 0.25) is 0 Å². The smallest absolute Gasteiger partial charge is 0.00849 e. The van der Waals surface area contributed by atoms with Crippen molar-refractivity contribution < 1.29 is 0 Å². The minimum atomic E-state index is 0.541. The fourth-order valence-corrected chi connectivity index (χ4v) is 5.22. The maximum absolute atomic E-state index is 4.45. The van der Waals surface area contributed by atoms with Gasteiger partial charge in [0.15, 0.2) is 0 Å². The van der Waals surface area contributed by atoms with E-state index in [4.69, 9.17) is 0 Å². The third-order valence-electron chi connectivity index (χ3n) is 6.07. The number of allylic oxidation sites excluding steroid dienone is 1. The molecule has 4 bridgehead atoms. The molecule has 84 valence electrons. The summed E-state index contributed by atoms with van der Waals surface area (Å²) in [7, 11) is 0. The Morgan fingerprint density at radius 3 is 2.67 bits per heavy atom. The highest BCUT2D eigenvalue weighted by Gasteiger charge is 2.61. The molecule has 0 aromatic heterocycles. The Kier molecular flexibility index (Phi) is 1.92. The largest absolute Gasteiger partial charge is 0.0990 e. The lowest BCUT2D eigenvalue weighted by Crippen LogP contribution is -2.35. The van der Waals surface area contributed by atoms with Gasteiger partial charge in [0, 0.05) is 0 Å². The molecule has 3 aliphatic carbocycles. The highest BCUT2D eigenvalue weighted by atomic mass is 14.7. The second-order valence-electron chi connectivity index (χ2n) is 6.76. The highest BCUT2D eigenvalue weighted by Crippen LogP contribution is 2.69. The summed E-state index contributed by atoms with van der Waals surface area (Å²) in [5.74, 6) is 4.78. The van der Waals surface area contributed by atoms with Gasteiger partial charge in [-0.15, -0.1) is 0 Å². The van der Waals surface area contributed by atoms with E-state index in [2.05, 4.69) is 27.4 Å². The number of hydrogen-bond acceptors (Lipinski definition) is 0. The van der Waals surface area contributed by atoms with Crippen molar-refractivity contribution in [3.63, 3.8) is 0 Å². The zero-order valence-electron chi connectivity index (χ0n) is 10.4. The van der Waals surface area contributed by atoms with E-state index in [0.29, 0.717) is 5.41 Å². The fraction of sp³-hybridized carbons (Fsp3) is 0.867. The van der Waals surface area contributed by atoms with E-state index in [1.54, 1.807) is 5.57 Å². The second-order valence-corrected chi connectivity index (χ2v) is 6.76. The molecule has 0 aromatic carbocycles. The van der Waals surface area contributed by atoms with Gasteiger partial charge in [-0.05, 0) is 60.7 Å². The maximum atomic E-state index is 4.45. The molecule has 3 rings (SSSR count). The van der Waals surface area contributed by atoms with Crippen LogP contribution in [0.25, 0.3) is 0 Å². The van der Waals surface area contributed by atoms with Gasteiger partial charge in [-0.25, -0.2) is 0 Å². The standard InChI is InChI=1S/C15H24/c1-9(2)11-7-8-15(4)10(3)12-5-6-13(15)14(11)12/h9,11-14H,3,5-8H2,1-2,4H3/t11-,12?,13?,14?,15+/m1/s1. The van der Waals surface area contributed by atoms with Crippen molar-refractivity contribution in [1.29, 1.82) is 0 Å². The normalized spacial score (nSPS) is 52.9. The van der Waals surface area contributed by atoms with Crippen molar-refractivity contribution in [2.24, 2.45) is 35.0 Å². The van der Waals surface area contributed by atoms with Gasteiger partial charge in [-0.2, -0.15) is 0 Å². The zero-order chi connectivity index (χ0) is 10.8. The first kappa shape index (κ1) is 9.93. The van der Waals surface area contributed by atoms with Gasteiger partial charge in [0.1, 0.15) is 0 Å². The average molecular weight is 204 g/mol. The molecule has 0 heterocycles. The van der Waals surface area contributed by atoms with Gasteiger partial charge in [-0.1, -0.05) is 32.9 Å². The van der Waals surface area contributed by atoms with Crippen LogP contribution in [0.5, 0.6) is 0 Å². The van der Waals surface area contributed by atoms with Crippen molar-refractivity contribution >= 4 is 0 Å². The second kappa shape index (κ2) is 2.90. The van der Waals surface area contributed by atoms with Crippen LogP contribution in [0.4, 0.5) is 0 Å². The quantitative estimate of drug-likeness (QED) is 0.559. The summed E-state index contributed by atoms with van der Waals surface area (Å²) in [5.41, 5.74) is 2.17. The molecule has 0 radical (unpaired) electrons. The van der Waals surface area contributed by atoms with Gasteiger partial charge >= 0.3 is 0 Å². The van der Waals surface area contributed by atoms with Crippen LogP contribution in [0.1, 0.15) is 46.5 Å². The molecule has 0 aromatic rings. The van der Waals surface area contributed by atoms with Crippen LogP contribution in [-0.2, 0) is 0 Å². The molecule has 3 unspecified atom stereocenters. The van der Waals surface area contributed by atoms with Crippen molar-refractivity contribution in [3.8, 4) is 0 Å². The third-order valence-corrected chi connectivity index (χ3v) is 6.07. The number of hydrogen-bond donors (Lipinski definition) is 0. The molecule has 3 saturated carbocycles. The summed E-state index contributed by atoms with van der Waals surface area (Å²) >= 11 is 0. The van der Waals surface area contributed by atoms with Gasteiger partial charge in [0.05, 0.1) is 0 Å². The molecule has 3 fully saturated rings. The molecule has 0 spiro atoms. The van der Waals surface area contributed by atoms with Crippen LogP contribution >= 0.6 is 0 Å². The SMILES string of the molecule is C=C1C2CCC3C2[C@@H](C(C)C)CC[C@@]13C. The topological polar surface area (TPSA) is 0 Å². The van der Waals surface area contributed by atoms with Crippen LogP contribution < -0.4 is 0 Å². The lowest BCUT2D eigenvalue weighted by Gasteiger charge is -2.43. The van der Waals surface area contributed by atoms with Crippen molar-refractivity contribution in [1.82, 2.24) is 0 Å². The molecule has 0 saturated heterocycles. The van der Waals surface area contributed by atoms with Gasteiger partial charge in [0.25, 0.3) is 0 Å². The first-order valence-electron chi connectivity index (χ1n) is 6.75. The Bertz CT molecular complexity index is 301. The third kappa shape index (κ3) is 1.04. The van der Waals surface area contributed by atoms with Crippen molar-refractivity contribution in [2.45, 2.75) is 46.5 Å². The lowest BCUT2D eigenvalue weighted by atomic mass is 9.62. The minimum absolute atomic E-state index is 0.541. The summed E-state index contributed by atoms with van der Waals surface area (Å²) in [6.07, 6.45) is 5.83. The Morgan fingerprint density at radius 2 is 2.00 bits per heavy atom. The summed E-state index contributed by atoms with van der Waals surface area (Å²) in [6.45, 7) is 11.8. The number of rotatable bonds is 1. The molecule has 5 atom stereocenters. The van der Waals surface area contributed by atoms with Crippen molar-refractivity contribution in [3.05, 3.63) is 12.2 Å². The van der Waals surface area contributed by atoms with Crippen molar-refractivity contribution in [2.75, 3.05) is 0 Å². The Hall–Kier alpha value is -0.260. The average Bonchev–Trinajstić information content (AvgIpc) is 2.65. The summed E-state index contributed by atoms with van der Waals surface area (Å²) in [5, 5.41) is 0. The van der Waals surface area contributed by atoms with Crippen LogP contribution in [0, 0.1) is 35.0 Å². The van der Waals surface area contributed by atoms with Crippen LogP contribution in [0.15, 0.2) is 12.2 Å². The molecular weight excluding hydrogens is 180 g/mol. The van der Waals surface area contributed by atoms with E-state index in [0.717, 1.165) is 29.6 Å². The predicted octanol–water partition coefficient (Wildman–Crippen LogP) is 4.27. The molecule has 0 amide bonds. The lowest BCUT2D eigenvalue weighted by molar-refractivity contribution is 0.0780. The molecule has 0 heteroatoms. The minimum Gasteiger partial charge on any atom is -0.0990 e. The molecule has 0 aliphatic heterocycles. The molecule has 0 nitrogen and oxygen atoms in total. The Balaban J connectivity index is 2.00. The molecule has 0 N–H and O–H groups in total. The first-order valence-corrected chi connectivity index (χ1v) is 6.75. The maximum Gasteiger partial charge on any atom is -0.00849 e. The van der Waals surface area contributed by atoms with Crippen LogP contribution in [-0.4, -0.2) is 0 Å². The molecule has 15 heavy (non-hydrogen) atoms.